The maximum Gasteiger partial charge on any atom is 0.305 e. The van der Waals surface area contributed by atoms with E-state index >= 15 is 0 Å². The molecule has 0 aliphatic carbocycles. The average molecular weight is 486 g/mol. The summed E-state index contributed by atoms with van der Waals surface area (Å²) >= 11 is 11.3. The highest BCUT2D eigenvalue weighted by atomic mass is 35.5. The van der Waals surface area contributed by atoms with E-state index in [2.05, 4.69) is 25.9 Å². The largest absolute Gasteiger partial charge is 0.494 e. The van der Waals surface area contributed by atoms with Crippen LogP contribution in [0.5, 0.6) is 5.75 Å². The van der Waals surface area contributed by atoms with Crippen molar-refractivity contribution in [3.63, 3.8) is 0 Å². The van der Waals surface area contributed by atoms with E-state index in [0.29, 0.717) is 17.4 Å². The van der Waals surface area contributed by atoms with Crippen molar-refractivity contribution in [2.75, 3.05) is 17.2 Å². The normalized spacial score (nSPS) is 11.4. The number of carboxylic acids is 1. The van der Waals surface area contributed by atoms with Crippen LogP contribution >= 0.6 is 23.8 Å². The van der Waals surface area contributed by atoms with Gasteiger partial charge < -0.3 is 25.8 Å². The van der Waals surface area contributed by atoms with Gasteiger partial charge in [-0.05, 0) is 68.0 Å². The Morgan fingerprint density at radius 1 is 1.15 bits per heavy atom. The van der Waals surface area contributed by atoms with Gasteiger partial charge in [0.1, 0.15) is 11.6 Å². The third-order valence-corrected chi connectivity index (χ3v) is 4.95. The molecule has 1 aromatic heterocycles. The second kappa shape index (κ2) is 11.4. The van der Waals surface area contributed by atoms with Gasteiger partial charge in [0.25, 0.3) is 0 Å². The number of carboxylic acid groups (broad SMARTS) is 1. The fourth-order valence-corrected chi connectivity index (χ4v) is 3.41. The number of rotatable bonds is 9. The van der Waals surface area contributed by atoms with Crippen LogP contribution in [0, 0.1) is 6.92 Å². The zero-order chi connectivity index (χ0) is 23.8. The Labute approximate surface area is 202 Å². The van der Waals surface area contributed by atoms with Crippen molar-refractivity contribution in [2.45, 2.75) is 26.3 Å². The number of carbonyl (C=O) groups is 1. The van der Waals surface area contributed by atoms with E-state index in [1.807, 2.05) is 38.1 Å². The van der Waals surface area contributed by atoms with Crippen molar-refractivity contribution < 1.29 is 14.6 Å². The highest BCUT2D eigenvalue weighted by molar-refractivity contribution is 7.80. The van der Waals surface area contributed by atoms with Gasteiger partial charge in [0.05, 0.1) is 19.1 Å². The number of hydrogen-bond acceptors (Lipinski definition) is 6. The van der Waals surface area contributed by atoms with Crippen molar-refractivity contribution in [1.82, 2.24) is 15.3 Å². The number of anilines is 3. The summed E-state index contributed by atoms with van der Waals surface area (Å²) in [6, 6.07) is 15.7. The molecule has 0 radical (unpaired) electrons. The molecule has 4 N–H and O–H groups in total. The molecule has 1 heterocycles. The summed E-state index contributed by atoms with van der Waals surface area (Å²) in [5, 5.41) is 19.2. The first kappa shape index (κ1) is 24.2. The van der Waals surface area contributed by atoms with E-state index in [1.54, 1.807) is 30.3 Å². The van der Waals surface area contributed by atoms with Gasteiger partial charge in [-0.3, -0.25) is 4.79 Å². The van der Waals surface area contributed by atoms with E-state index < -0.39 is 12.0 Å². The van der Waals surface area contributed by atoms with Gasteiger partial charge in [0.15, 0.2) is 5.11 Å². The molecule has 3 aromatic rings. The highest BCUT2D eigenvalue weighted by Crippen LogP contribution is 2.22. The van der Waals surface area contributed by atoms with E-state index in [0.717, 1.165) is 22.7 Å². The van der Waals surface area contributed by atoms with Crippen molar-refractivity contribution in [1.29, 1.82) is 0 Å². The third kappa shape index (κ3) is 7.58. The minimum atomic E-state index is -0.959. The minimum Gasteiger partial charge on any atom is -0.494 e. The lowest BCUT2D eigenvalue weighted by molar-refractivity contribution is -0.137. The number of nitrogens with one attached hydrogen (secondary N) is 3. The predicted octanol–water partition coefficient (Wildman–Crippen LogP) is 5.08. The Morgan fingerprint density at radius 3 is 2.48 bits per heavy atom. The lowest BCUT2D eigenvalue weighted by Gasteiger charge is -2.20. The van der Waals surface area contributed by atoms with Crippen molar-refractivity contribution in [2.24, 2.45) is 0 Å². The smallest absolute Gasteiger partial charge is 0.305 e. The Balaban J connectivity index is 1.69. The van der Waals surface area contributed by atoms with Crippen LogP contribution in [0.4, 0.5) is 17.5 Å². The summed E-state index contributed by atoms with van der Waals surface area (Å²) < 4.78 is 5.46. The molecule has 0 amide bonds. The quantitative estimate of drug-likeness (QED) is 0.308. The molecule has 0 unspecified atom stereocenters. The van der Waals surface area contributed by atoms with E-state index in [-0.39, 0.29) is 17.5 Å². The zero-order valence-corrected chi connectivity index (χ0v) is 19.7. The molecule has 2 aromatic carbocycles. The standard InChI is InChI=1S/C23H24ClN5O3S/c1-3-32-18-10-8-17(9-11-18)26-20-12-14(2)25-22(28-20)29-23(33)27-19(13-21(30)31)15-4-6-16(24)7-5-15/h4-12,19H,3,13H2,1-2H3,(H,30,31)(H3,25,26,27,28,29,33)/t19-/m0/s1. The van der Waals surface area contributed by atoms with Crippen LogP contribution in [-0.4, -0.2) is 32.8 Å². The van der Waals surface area contributed by atoms with E-state index in [1.165, 1.54) is 0 Å². The molecule has 0 spiro atoms. The summed E-state index contributed by atoms with van der Waals surface area (Å²) in [5.74, 6) is 0.694. The van der Waals surface area contributed by atoms with Gasteiger partial charge in [-0.15, -0.1) is 0 Å². The Bertz CT molecular complexity index is 1110. The summed E-state index contributed by atoms with van der Waals surface area (Å²) in [5.41, 5.74) is 2.31. The highest BCUT2D eigenvalue weighted by Gasteiger charge is 2.17. The van der Waals surface area contributed by atoms with Crippen molar-refractivity contribution in [3.05, 3.63) is 70.9 Å². The number of benzene rings is 2. The number of nitrogens with zero attached hydrogens (tertiary/aromatic N) is 2. The molecule has 3 rings (SSSR count). The first-order valence-corrected chi connectivity index (χ1v) is 11.0. The molecule has 0 aliphatic heterocycles. The summed E-state index contributed by atoms with van der Waals surface area (Å²) in [6.45, 7) is 4.38. The fraction of sp³-hybridized carbons (Fsp3) is 0.217. The lowest BCUT2D eigenvalue weighted by atomic mass is 10.0. The number of aryl methyl sites for hydroxylation is 1. The molecular weight excluding hydrogens is 462 g/mol. The van der Waals surface area contributed by atoms with Gasteiger partial charge in [-0.25, -0.2) is 4.98 Å². The third-order valence-electron chi connectivity index (χ3n) is 4.47. The molecule has 8 nitrogen and oxygen atoms in total. The van der Waals surface area contributed by atoms with Crippen LogP contribution < -0.4 is 20.7 Å². The van der Waals surface area contributed by atoms with Gasteiger partial charge in [0.2, 0.25) is 5.95 Å². The lowest BCUT2D eigenvalue weighted by Crippen LogP contribution is -2.34. The molecule has 172 valence electrons. The second-order valence-electron chi connectivity index (χ2n) is 7.10. The van der Waals surface area contributed by atoms with Gasteiger partial charge in [0, 0.05) is 22.5 Å². The molecule has 0 fully saturated rings. The summed E-state index contributed by atoms with van der Waals surface area (Å²) in [7, 11) is 0. The van der Waals surface area contributed by atoms with E-state index in [4.69, 9.17) is 28.6 Å². The first-order chi connectivity index (χ1) is 15.8. The fourth-order valence-electron chi connectivity index (χ4n) is 3.06. The maximum absolute atomic E-state index is 11.3. The molecule has 0 bridgehead atoms. The maximum atomic E-state index is 11.3. The molecule has 1 atom stereocenters. The molecule has 33 heavy (non-hydrogen) atoms. The van der Waals surface area contributed by atoms with Crippen molar-refractivity contribution in [3.8, 4) is 5.75 Å². The Kier molecular flexibility index (Phi) is 8.39. The monoisotopic (exact) mass is 485 g/mol. The molecule has 10 heteroatoms. The topological polar surface area (TPSA) is 108 Å². The first-order valence-electron chi connectivity index (χ1n) is 10.2. The molecule has 0 saturated heterocycles. The Hall–Kier alpha value is -3.43. The number of thiocarbonyl (C=S) groups is 1. The Morgan fingerprint density at radius 2 is 1.85 bits per heavy atom. The summed E-state index contributed by atoms with van der Waals surface area (Å²) in [4.78, 5) is 20.2. The number of hydrogen-bond donors (Lipinski definition) is 4. The number of halogens is 1. The average Bonchev–Trinajstić information content (AvgIpc) is 2.74. The van der Waals surface area contributed by atoms with Gasteiger partial charge in [-0.1, -0.05) is 23.7 Å². The van der Waals surface area contributed by atoms with Crippen LogP contribution in [0.25, 0.3) is 0 Å². The van der Waals surface area contributed by atoms with Gasteiger partial charge >= 0.3 is 5.97 Å². The SMILES string of the molecule is CCOc1ccc(Nc2cc(C)nc(NC(=S)N[C@@H](CC(=O)O)c3ccc(Cl)cc3)n2)cc1. The van der Waals surface area contributed by atoms with Crippen molar-refractivity contribution >= 4 is 52.4 Å². The van der Waals surface area contributed by atoms with Gasteiger partial charge in [-0.2, -0.15) is 4.98 Å². The molecule has 0 saturated carbocycles. The number of aliphatic carboxylic acids is 1. The van der Waals surface area contributed by atoms with Crippen LogP contribution in [0.3, 0.4) is 0 Å². The van der Waals surface area contributed by atoms with Crippen LogP contribution in [-0.2, 0) is 4.79 Å². The molecular formula is C23H24ClN5O3S. The van der Waals surface area contributed by atoms with E-state index in [9.17, 15) is 9.90 Å². The predicted molar refractivity (Wildman–Crippen MR) is 133 cm³/mol. The minimum absolute atomic E-state index is 0.164. The second-order valence-corrected chi connectivity index (χ2v) is 7.95. The van der Waals surface area contributed by atoms with Crippen LogP contribution in [0.2, 0.25) is 5.02 Å². The summed E-state index contributed by atoms with van der Waals surface area (Å²) in [6.07, 6.45) is -0.164. The number of aromatic nitrogens is 2. The number of ether oxygens (including phenoxy) is 1. The van der Waals surface area contributed by atoms with Crippen LogP contribution in [0.1, 0.15) is 30.6 Å². The van der Waals surface area contributed by atoms with Crippen LogP contribution in [0.15, 0.2) is 54.6 Å². The molecule has 0 aliphatic rings. The zero-order valence-electron chi connectivity index (χ0n) is 18.1.